The maximum absolute atomic E-state index is 4.73. The number of halogens is 1. The van der Waals surface area contributed by atoms with Gasteiger partial charge in [0, 0.05) is 18.8 Å². The lowest BCUT2D eigenvalue weighted by Crippen LogP contribution is -2.39. The lowest BCUT2D eigenvalue weighted by Gasteiger charge is -2.23. The molecule has 1 aromatic carbocycles. The molecular weight excluding hydrogens is 407 g/mol. The normalized spacial score (nSPS) is 12.7. The van der Waals surface area contributed by atoms with Crippen LogP contribution in [0.15, 0.2) is 35.3 Å². The molecule has 1 aromatic rings. The number of nitrogens with zero attached hydrogens (tertiary/aromatic N) is 2. The van der Waals surface area contributed by atoms with Gasteiger partial charge in [-0.15, -0.1) is 24.0 Å². The summed E-state index contributed by atoms with van der Waals surface area (Å²) >= 11 is 1.83. The highest BCUT2D eigenvalue weighted by Crippen LogP contribution is 2.17. The van der Waals surface area contributed by atoms with E-state index in [1.165, 1.54) is 5.56 Å². The first-order chi connectivity index (χ1) is 10.2. The minimum atomic E-state index is 0. The van der Waals surface area contributed by atoms with Gasteiger partial charge in [0.1, 0.15) is 0 Å². The summed E-state index contributed by atoms with van der Waals surface area (Å²) in [6, 6.07) is 10.8. The number of rotatable bonds is 8. The van der Waals surface area contributed by atoms with Crippen LogP contribution in [0.25, 0.3) is 0 Å². The first-order valence-corrected chi connectivity index (χ1v) is 8.81. The van der Waals surface area contributed by atoms with Gasteiger partial charge < -0.3 is 15.5 Å². The third-order valence-electron chi connectivity index (χ3n) is 3.17. The summed E-state index contributed by atoms with van der Waals surface area (Å²) in [5.41, 5.74) is 1.30. The van der Waals surface area contributed by atoms with Crippen molar-refractivity contribution in [2.45, 2.75) is 13.0 Å². The smallest absolute Gasteiger partial charge is 0.191 e. The second-order valence-corrected chi connectivity index (χ2v) is 6.01. The Morgan fingerprint density at radius 2 is 1.91 bits per heavy atom. The maximum Gasteiger partial charge on any atom is 0.191 e. The molecule has 0 aromatic heterocycles. The number of aliphatic imine (C=N–C) groups is 1. The Balaban J connectivity index is 0.00000441. The van der Waals surface area contributed by atoms with Crippen molar-refractivity contribution in [3.05, 3.63) is 35.9 Å². The fraction of sp³-hybridized carbons (Fsp3) is 0.562. The number of likely N-dealkylation sites (N-methyl/N-ethyl adjacent to an activating group) is 1. The molecule has 126 valence electrons. The molecule has 0 amide bonds. The van der Waals surface area contributed by atoms with E-state index in [4.69, 9.17) is 4.99 Å². The lowest BCUT2D eigenvalue weighted by molar-refractivity contribution is 0.306. The minimum Gasteiger partial charge on any atom is -0.357 e. The molecule has 0 heterocycles. The van der Waals surface area contributed by atoms with Crippen molar-refractivity contribution in [2.75, 3.05) is 45.7 Å². The van der Waals surface area contributed by atoms with Crippen molar-refractivity contribution in [2.24, 2.45) is 4.99 Å². The van der Waals surface area contributed by atoms with Crippen LogP contribution in [0, 0.1) is 0 Å². The summed E-state index contributed by atoms with van der Waals surface area (Å²) in [5, 5.41) is 6.67. The molecule has 0 saturated carbocycles. The quantitative estimate of drug-likeness (QED) is 0.285. The van der Waals surface area contributed by atoms with Gasteiger partial charge in [0.05, 0.1) is 12.6 Å². The fourth-order valence-corrected chi connectivity index (χ4v) is 2.34. The molecule has 6 heteroatoms. The van der Waals surface area contributed by atoms with Crippen molar-refractivity contribution in [3.63, 3.8) is 0 Å². The molecule has 0 spiro atoms. The van der Waals surface area contributed by atoms with Crippen LogP contribution in [0.1, 0.15) is 18.5 Å². The van der Waals surface area contributed by atoms with Crippen LogP contribution in [0.5, 0.6) is 0 Å². The van der Waals surface area contributed by atoms with E-state index in [9.17, 15) is 0 Å². The first kappa shape index (κ1) is 21.5. The van der Waals surface area contributed by atoms with Gasteiger partial charge >= 0.3 is 0 Å². The Hall–Kier alpha value is -0.470. The van der Waals surface area contributed by atoms with Crippen molar-refractivity contribution in [3.8, 4) is 0 Å². The molecule has 0 aliphatic carbocycles. The number of benzene rings is 1. The Labute approximate surface area is 156 Å². The van der Waals surface area contributed by atoms with Crippen molar-refractivity contribution in [1.82, 2.24) is 15.5 Å². The predicted molar refractivity (Wildman–Crippen MR) is 111 cm³/mol. The van der Waals surface area contributed by atoms with Crippen LogP contribution >= 0.6 is 35.7 Å². The van der Waals surface area contributed by atoms with Crippen molar-refractivity contribution in [1.29, 1.82) is 0 Å². The standard InChI is InChI=1S/C16H28N4S.HI/c1-5-17-16(18-11-12-21-4)19-13-15(20(2)3)14-9-7-6-8-10-14;/h6-10,15H,5,11-13H2,1-4H3,(H2,17,18,19);1H. The first-order valence-electron chi connectivity index (χ1n) is 7.41. The van der Waals surface area contributed by atoms with Gasteiger partial charge in [-0.3, -0.25) is 4.99 Å². The van der Waals surface area contributed by atoms with Crippen LogP contribution in [-0.4, -0.2) is 56.6 Å². The molecule has 0 aliphatic heterocycles. The molecule has 0 bridgehead atoms. The third-order valence-corrected chi connectivity index (χ3v) is 3.79. The van der Waals surface area contributed by atoms with Gasteiger partial charge in [-0.05, 0) is 32.8 Å². The molecular formula is C16H29IN4S. The highest BCUT2D eigenvalue weighted by atomic mass is 127. The van der Waals surface area contributed by atoms with E-state index >= 15 is 0 Å². The molecule has 0 saturated heterocycles. The maximum atomic E-state index is 4.73. The summed E-state index contributed by atoms with van der Waals surface area (Å²) in [4.78, 5) is 6.94. The second-order valence-electron chi connectivity index (χ2n) is 5.03. The molecule has 4 nitrogen and oxygen atoms in total. The van der Waals surface area contributed by atoms with E-state index in [1.54, 1.807) is 0 Å². The Kier molecular flexibility index (Phi) is 12.7. The van der Waals surface area contributed by atoms with E-state index in [0.717, 1.165) is 31.3 Å². The number of thioether (sulfide) groups is 1. The van der Waals surface area contributed by atoms with Gasteiger partial charge in [0.15, 0.2) is 5.96 Å². The summed E-state index contributed by atoms with van der Waals surface area (Å²) in [5.74, 6) is 1.98. The molecule has 0 radical (unpaired) electrons. The van der Waals surface area contributed by atoms with E-state index < -0.39 is 0 Å². The average Bonchev–Trinajstić information content (AvgIpc) is 2.48. The highest BCUT2D eigenvalue weighted by Gasteiger charge is 2.13. The van der Waals surface area contributed by atoms with E-state index in [-0.39, 0.29) is 24.0 Å². The van der Waals surface area contributed by atoms with Crippen LogP contribution in [0.4, 0.5) is 0 Å². The summed E-state index contributed by atoms with van der Waals surface area (Å²) in [7, 11) is 4.20. The van der Waals surface area contributed by atoms with Gasteiger partial charge in [0.2, 0.25) is 0 Å². The molecule has 1 unspecified atom stereocenters. The Bertz CT molecular complexity index is 412. The zero-order valence-corrected chi connectivity index (χ0v) is 17.2. The number of guanidine groups is 1. The van der Waals surface area contributed by atoms with Crippen LogP contribution in [0.3, 0.4) is 0 Å². The molecule has 1 atom stereocenters. The van der Waals surface area contributed by atoms with Crippen molar-refractivity contribution < 1.29 is 0 Å². The van der Waals surface area contributed by atoms with Crippen LogP contribution < -0.4 is 10.6 Å². The van der Waals surface area contributed by atoms with E-state index in [2.05, 4.69) is 67.1 Å². The average molecular weight is 436 g/mol. The monoisotopic (exact) mass is 436 g/mol. The highest BCUT2D eigenvalue weighted by molar-refractivity contribution is 14.0. The van der Waals surface area contributed by atoms with Gasteiger partial charge in [-0.25, -0.2) is 0 Å². The number of nitrogens with one attached hydrogen (secondary N) is 2. The van der Waals surface area contributed by atoms with Gasteiger partial charge in [0.25, 0.3) is 0 Å². The topological polar surface area (TPSA) is 39.7 Å². The van der Waals surface area contributed by atoms with Gasteiger partial charge in [-0.2, -0.15) is 11.8 Å². The molecule has 0 fully saturated rings. The predicted octanol–water partition coefficient (Wildman–Crippen LogP) is 2.83. The third kappa shape index (κ3) is 8.24. The fourth-order valence-electron chi connectivity index (χ4n) is 2.03. The number of hydrogen-bond donors (Lipinski definition) is 2. The summed E-state index contributed by atoms with van der Waals surface area (Å²) in [6.07, 6.45) is 2.11. The minimum absolute atomic E-state index is 0. The van der Waals surface area contributed by atoms with E-state index in [0.29, 0.717) is 6.04 Å². The molecule has 1 rings (SSSR count). The molecule has 2 N–H and O–H groups in total. The zero-order chi connectivity index (χ0) is 15.5. The summed E-state index contributed by atoms with van der Waals surface area (Å²) in [6.45, 7) is 4.64. The Morgan fingerprint density at radius 3 is 2.45 bits per heavy atom. The Morgan fingerprint density at radius 1 is 1.23 bits per heavy atom. The molecule has 22 heavy (non-hydrogen) atoms. The SMILES string of the molecule is CCNC(=NCC(c1ccccc1)N(C)C)NCCSC.I. The lowest BCUT2D eigenvalue weighted by atomic mass is 10.1. The zero-order valence-electron chi connectivity index (χ0n) is 14.0. The van der Waals surface area contributed by atoms with E-state index in [1.807, 2.05) is 17.8 Å². The second kappa shape index (κ2) is 13.0. The van der Waals surface area contributed by atoms with Gasteiger partial charge in [-0.1, -0.05) is 30.3 Å². The number of hydrogen-bond acceptors (Lipinski definition) is 3. The van der Waals surface area contributed by atoms with Crippen LogP contribution in [0.2, 0.25) is 0 Å². The molecule has 0 aliphatic rings. The van der Waals surface area contributed by atoms with Crippen LogP contribution in [-0.2, 0) is 0 Å². The van der Waals surface area contributed by atoms with Crippen molar-refractivity contribution >= 4 is 41.7 Å². The largest absolute Gasteiger partial charge is 0.357 e. The summed E-state index contributed by atoms with van der Waals surface area (Å²) < 4.78 is 0.